The Morgan fingerprint density at radius 3 is 2.48 bits per heavy atom. The first-order valence-electron chi connectivity index (χ1n) is 6.86. The van der Waals surface area contributed by atoms with Crippen LogP contribution in [0.4, 0.5) is 0 Å². The normalized spacial score (nSPS) is 11.9. The van der Waals surface area contributed by atoms with Crippen LogP contribution in [0.3, 0.4) is 0 Å². The Morgan fingerprint density at radius 2 is 1.76 bits per heavy atom. The number of esters is 1. The second-order valence-electron chi connectivity index (χ2n) is 4.83. The number of ether oxygens (including phenoxy) is 1. The largest absolute Gasteiger partial charge is 0.460 e. The van der Waals surface area contributed by atoms with E-state index in [2.05, 4.69) is 0 Å². The van der Waals surface area contributed by atoms with Crippen molar-refractivity contribution in [3.63, 3.8) is 0 Å². The zero-order valence-electron chi connectivity index (χ0n) is 11.7. The fourth-order valence-corrected chi connectivity index (χ4v) is 2.15. The van der Waals surface area contributed by atoms with E-state index in [1.165, 1.54) is 0 Å². The summed E-state index contributed by atoms with van der Waals surface area (Å²) in [6, 6.07) is 16.6. The van der Waals surface area contributed by atoms with Crippen LogP contribution in [0.25, 0.3) is 0 Å². The molecule has 0 amide bonds. The third-order valence-corrected chi connectivity index (χ3v) is 3.59. The minimum Gasteiger partial charge on any atom is -0.460 e. The van der Waals surface area contributed by atoms with E-state index >= 15 is 0 Å². The number of carbonyl (C=O) groups excluding carboxylic acids is 1. The van der Waals surface area contributed by atoms with Crippen LogP contribution in [-0.2, 0) is 22.6 Å². The van der Waals surface area contributed by atoms with Crippen molar-refractivity contribution < 1.29 is 9.53 Å². The number of benzene rings is 2. The first-order valence-corrected chi connectivity index (χ1v) is 7.24. The quantitative estimate of drug-likeness (QED) is 0.833. The SMILES string of the molecule is N[C@@H](CCc1ccccc1)C(=O)OCc1ccccc1Cl. The highest BCUT2D eigenvalue weighted by Crippen LogP contribution is 2.16. The highest BCUT2D eigenvalue weighted by Gasteiger charge is 2.15. The molecule has 0 bridgehead atoms. The molecule has 0 fully saturated rings. The van der Waals surface area contributed by atoms with Gasteiger partial charge in [0, 0.05) is 10.6 Å². The number of nitrogens with two attached hydrogens (primary N) is 1. The van der Waals surface area contributed by atoms with Gasteiger partial charge in [-0.3, -0.25) is 4.79 Å². The van der Waals surface area contributed by atoms with Crippen LogP contribution in [-0.4, -0.2) is 12.0 Å². The molecule has 0 saturated heterocycles. The van der Waals surface area contributed by atoms with Crippen LogP contribution in [0.5, 0.6) is 0 Å². The lowest BCUT2D eigenvalue weighted by Gasteiger charge is -2.12. The molecule has 1 atom stereocenters. The van der Waals surface area contributed by atoms with Crippen molar-refractivity contribution in [2.24, 2.45) is 5.73 Å². The summed E-state index contributed by atoms with van der Waals surface area (Å²) in [5.74, 6) is -0.397. The minimum absolute atomic E-state index is 0.150. The van der Waals surface area contributed by atoms with Crippen LogP contribution in [0.1, 0.15) is 17.5 Å². The van der Waals surface area contributed by atoms with Gasteiger partial charge < -0.3 is 10.5 Å². The molecule has 2 N–H and O–H groups in total. The number of hydrogen-bond acceptors (Lipinski definition) is 3. The first-order chi connectivity index (χ1) is 10.2. The molecule has 3 nitrogen and oxygen atoms in total. The zero-order valence-corrected chi connectivity index (χ0v) is 12.4. The van der Waals surface area contributed by atoms with Crippen molar-refractivity contribution >= 4 is 17.6 Å². The Bertz CT molecular complexity index is 586. The molecule has 2 aromatic carbocycles. The minimum atomic E-state index is -0.618. The fourth-order valence-electron chi connectivity index (χ4n) is 1.96. The molecule has 0 spiro atoms. The molecule has 0 aliphatic rings. The van der Waals surface area contributed by atoms with Crippen LogP contribution < -0.4 is 5.73 Å². The number of halogens is 1. The van der Waals surface area contributed by atoms with Gasteiger partial charge >= 0.3 is 5.97 Å². The van der Waals surface area contributed by atoms with Gasteiger partial charge in [-0.1, -0.05) is 60.1 Å². The average molecular weight is 304 g/mol. The molecule has 2 rings (SSSR count). The molecule has 0 aliphatic carbocycles. The van der Waals surface area contributed by atoms with Gasteiger partial charge in [-0.2, -0.15) is 0 Å². The lowest BCUT2D eigenvalue weighted by atomic mass is 10.1. The van der Waals surface area contributed by atoms with E-state index in [1.54, 1.807) is 6.07 Å². The van der Waals surface area contributed by atoms with Gasteiger partial charge in [0.1, 0.15) is 12.6 Å². The Morgan fingerprint density at radius 1 is 1.10 bits per heavy atom. The Labute approximate surface area is 129 Å². The van der Waals surface area contributed by atoms with E-state index in [-0.39, 0.29) is 6.61 Å². The van der Waals surface area contributed by atoms with E-state index in [4.69, 9.17) is 22.1 Å². The predicted octanol–water partition coefficient (Wildman–Crippen LogP) is 3.34. The standard InChI is InChI=1S/C17H18ClNO2/c18-15-9-5-4-8-14(15)12-21-17(20)16(19)11-10-13-6-2-1-3-7-13/h1-9,16H,10-12,19H2/t16-/m0/s1. The third kappa shape index (κ3) is 4.88. The van der Waals surface area contributed by atoms with Crippen molar-refractivity contribution in [1.29, 1.82) is 0 Å². The summed E-state index contributed by atoms with van der Waals surface area (Å²) in [5.41, 5.74) is 7.80. The Hall–Kier alpha value is -1.84. The molecular weight excluding hydrogens is 286 g/mol. The molecule has 0 saturated carbocycles. The molecular formula is C17H18ClNO2. The van der Waals surface area contributed by atoms with E-state index in [0.717, 1.165) is 17.5 Å². The van der Waals surface area contributed by atoms with E-state index < -0.39 is 12.0 Å². The molecule has 0 heterocycles. The van der Waals surface area contributed by atoms with Crippen molar-refractivity contribution in [2.75, 3.05) is 0 Å². The van der Waals surface area contributed by atoms with Gasteiger partial charge in [-0.15, -0.1) is 0 Å². The third-order valence-electron chi connectivity index (χ3n) is 3.22. The fraction of sp³-hybridized carbons (Fsp3) is 0.235. The average Bonchev–Trinajstić information content (AvgIpc) is 2.52. The molecule has 0 radical (unpaired) electrons. The highest BCUT2D eigenvalue weighted by molar-refractivity contribution is 6.31. The Balaban J connectivity index is 1.79. The molecule has 21 heavy (non-hydrogen) atoms. The van der Waals surface area contributed by atoms with Gasteiger partial charge in [0.15, 0.2) is 0 Å². The molecule has 0 aromatic heterocycles. The summed E-state index contributed by atoms with van der Waals surface area (Å²) >= 11 is 6.01. The van der Waals surface area contributed by atoms with Crippen LogP contribution in [0.15, 0.2) is 54.6 Å². The van der Waals surface area contributed by atoms with E-state index in [9.17, 15) is 4.79 Å². The van der Waals surface area contributed by atoms with Crippen molar-refractivity contribution in [3.05, 3.63) is 70.7 Å². The maximum Gasteiger partial charge on any atom is 0.323 e. The summed E-state index contributed by atoms with van der Waals surface area (Å²) in [6.45, 7) is 0.150. The van der Waals surface area contributed by atoms with E-state index in [0.29, 0.717) is 11.4 Å². The molecule has 110 valence electrons. The lowest BCUT2D eigenvalue weighted by Crippen LogP contribution is -2.32. The summed E-state index contributed by atoms with van der Waals surface area (Å²) in [4.78, 5) is 11.9. The zero-order chi connectivity index (χ0) is 15.1. The second kappa shape index (κ2) is 7.81. The topological polar surface area (TPSA) is 52.3 Å². The van der Waals surface area contributed by atoms with Gasteiger partial charge in [0.05, 0.1) is 0 Å². The maximum absolute atomic E-state index is 11.9. The molecule has 0 unspecified atom stereocenters. The summed E-state index contributed by atoms with van der Waals surface area (Å²) < 4.78 is 5.21. The van der Waals surface area contributed by atoms with Gasteiger partial charge in [-0.05, 0) is 24.5 Å². The van der Waals surface area contributed by atoms with E-state index in [1.807, 2.05) is 48.5 Å². The number of carbonyl (C=O) groups is 1. The highest BCUT2D eigenvalue weighted by atomic mass is 35.5. The van der Waals surface area contributed by atoms with Crippen molar-refractivity contribution in [1.82, 2.24) is 0 Å². The summed E-state index contributed by atoms with van der Waals surface area (Å²) in [7, 11) is 0. The first kappa shape index (κ1) is 15.5. The molecule has 2 aromatic rings. The smallest absolute Gasteiger partial charge is 0.323 e. The van der Waals surface area contributed by atoms with Crippen LogP contribution >= 0.6 is 11.6 Å². The predicted molar refractivity (Wildman–Crippen MR) is 84.0 cm³/mol. The summed E-state index contributed by atoms with van der Waals surface area (Å²) in [5, 5.41) is 0.586. The molecule has 0 aliphatic heterocycles. The van der Waals surface area contributed by atoms with Crippen molar-refractivity contribution in [3.8, 4) is 0 Å². The van der Waals surface area contributed by atoms with Crippen LogP contribution in [0, 0.1) is 0 Å². The number of hydrogen-bond donors (Lipinski definition) is 1. The summed E-state index contributed by atoms with van der Waals surface area (Å²) in [6.07, 6.45) is 1.31. The number of rotatable bonds is 6. The van der Waals surface area contributed by atoms with Gasteiger partial charge in [-0.25, -0.2) is 0 Å². The van der Waals surface area contributed by atoms with Crippen LogP contribution in [0.2, 0.25) is 5.02 Å². The second-order valence-corrected chi connectivity index (χ2v) is 5.24. The Kier molecular flexibility index (Phi) is 5.78. The van der Waals surface area contributed by atoms with Crippen molar-refractivity contribution in [2.45, 2.75) is 25.5 Å². The van der Waals surface area contributed by atoms with Gasteiger partial charge in [0.2, 0.25) is 0 Å². The number of aryl methyl sites for hydroxylation is 1. The maximum atomic E-state index is 11.9. The van der Waals surface area contributed by atoms with Gasteiger partial charge in [0.25, 0.3) is 0 Å². The monoisotopic (exact) mass is 303 g/mol. The lowest BCUT2D eigenvalue weighted by molar-refractivity contribution is -0.146. The molecule has 4 heteroatoms.